The smallest absolute Gasteiger partial charge is 0.128 e. The first-order valence-corrected chi connectivity index (χ1v) is 12.1. The lowest BCUT2D eigenvalue weighted by Gasteiger charge is -2.30. The van der Waals surface area contributed by atoms with Crippen molar-refractivity contribution < 1.29 is 9.18 Å². The molecule has 0 radical (unpaired) electrons. The number of pyridine rings is 1. The summed E-state index contributed by atoms with van der Waals surface area (Å²) in [7, 11) is 1.90. The molecule has 0 bridgehead atoms. The highest BCUT2D eigenvalue weighted by Gasteiger charge is 2.16. The summed E-state index contributed by atoms with van der Waals surface area (Å²) in [5.41, 5.74) is 11.0. The standard InChI is InChI=1S/C15H16FN.C10H15N3.C3H8.CH2O/c1-10-6-13(9-14(16)7-10)12-4-5-15(17-3)11(2)8-12;11-9-4-7-13(8-5-9)10-3-1-2-6-12-10;1-3-2;1-2/h4-9,17H,1-3H3;1-3,6,9H,4-5,7-8,11H2;3H2,1-2H3;1H2. The number of carbonyl (C=O) groups excluding carboxylic acids is 1. The minimum absolute atomic E-state index is 0.185. The predicted octanol–water partition coefficient (Wildman–Crippen LogP) is 6.39. The maximum absolute atomic E-state index is 13.3. The molecule has 1 saturated heterocycles. The second-order valence-corrected chi connectivity index (χ2v) is 8.52. The van der Waals surface area contributed by atoms with E-state index in [2.05, 4.69) is 41.2 Å². The highest BCUT2D eigenvalue weighted by atomic mass is 19.1. The maximum atomic E-state index is 13.3. The number of rotatable bonds is 3. The highest BCUT2D eigenvalue weighted by molar-refractivity contribution is 5.69. The van der Waals surface area contributed by atoms with Crippen molar-refractivity contribution in [1.82, 2.24) is 4.98 Å². The van der Waals surface area contributed by atoms with Crippen molar-refractivity contribution in [1.29, 1.82) is 0 Å². The summed E-state index contributed by atoms with van der Waals surface area (Å²) < 4.78 is 13.3. The van der Waals surface area contributed by atoms with Gasteiger partial charge in [-0.05, 0) is 85.3 Å². The van der Waals surface area contributed by atoms with Crippen molar-refractivity contribution in [2.24, 2.45) is 5.73 Å². The Morgan fingerprint density at radius 1 is 1.03 bits per heavy atom. The molecule has 0 amide bonds. The summed E-state index contributed by atoms with van der Waals surface area (Å²) >= 11 is 0. The molecule has 1 fully saturated rings. The van der Waals surface area contributed by atoms with E-state index in [0.717, 1.165) is 59.7 Å². The van der Waals surface area contributed by atoms with Gasteiger partial charge in [-0.25, -0.2) is 9.37 Å². The Bertz CT molecular complexity index is 969. The number of nitrogens with two attached hydrogens (primary N) is 1. The summed E-state index contributed by atoms with van der Waals surface area (Å²) in [5.74, 6) is 0.893. The van der Waals surface area contributed by atoms with Crippen LogP contribution >= 0.6 is 0 Å². The molecular weight excluding hydrogens is 439 g/mol. The highest BCUT2D eigenvalue weighted by Crippen LogP contribution is 2.26. The number of hydrogen-bond acceptors (Lipinski definition) is 5. The van der Waals surface area contributed by atoms with Crippen LogP contribution in [0.4, 0.5) is 15.9 Å². The van der Waals surface area contributed by atoms with E-state index in [4.69, 9.17) is 10.5 Å². The summed E-state index contributed by atoms with van der Waals surface area (Å²) in [4.78, 5) is 14.6. The molecule has 3 N–H and O–H groups in total. The van der Waals surface area contributed by atoms with Gasteiger partial charge in [0, 0.05) is 38.1 Å². The summed E-state index contributed by atoms with van der Waals surface area (Å²) in [6, 6.07) is 17.6. The molecule has 3 aromatic rings. The Morgan fingerprint density at radius 2 is 1.69 bits per heavy atom. The van der Waals surface area contributed by atoms with Crippen LogP contribution in [0, 0.1) is 19.7 Å². The van der Waals surface area contributed by atoms with Crippen LogP contribution in [0.2, 0.25) is 0 Å². The second-order valence-electron chi connectivity index (χ2n) is 8.52. The number of halogens is 1. The molecule has 0 atom stereocenters. The van der Waals surface area contributed by atoms with Gasteiger partial charge in [0.2, 0.25) is 0 Å². The van der Waals surface area contributed by atoms with Gasteiger partial charge >= 0.3 is 0 Å². The molecule has 5 nitrogen and oxygen atoms in total. The largest absolute Gasteiger partial charge is 0.388 e. The molecule has 1 aliphatic rings. The van der Waals surface area contributed by atoms with Gasteiger partial charge in [-0.1, -0.05) is 38.5 Å². The van der Waals surface area contributed by atoms with Crippen molar-refractivity contribution >= 4 is 18.3 Å². The molecule has 4 rings (SSSR count). The van der Waals surface area contributed by atoms with Crippen molar-refractivity contribution in [3.05, 3.63) is 77.7 Å². The fraction of sp³-hybridized carbons (Fsp3) is 0.379. The SMILES string of the molecule is C=O.CCC.CNc1ccc(-c2cc(C)cc(F)c2)cc1C.NC1CCN(c2ccccn2)CC1. The number of nitrogens with zero attached hydrogens (tertiary/aromatic N) is 2. The number of aromatic nitrogens is 1. The van der Waals surface area contributed by atoms with E-state index in [1.165, 1.54) is 6.42 Å². The van der Waals surface area contributed by atoms with Gasteiger partial charge in [0.05, 0.1) is 0 Å². The summed E-state index contributed by atoms with van der Waals surface area (Å²) in [6.07, 6.45) is 5.25. The molecule has 0 unspecified atom stereocenters. The van der Waals surface area contributed by atoms with Gasteiger partial charge in [0.25, 0.3) is 0 Å². The van der Waals surface area contributed by atoms with Crippen molar-refractivity contribution in [2.45, 2.75) is 53.0 Å². The molecule has 190 valence electrons. The first-order chi connectivity index (χ1) is 16.9. The molecule has 2 aromatic carbocycles. The first kappa shape index (κ1) is 29.8. The van der Waals surface area contributed by atoms with E-state index in [1.54, 1.807) is 12.1 Å². The van der Waals surface area contributed by atoms with Gasteiger partial charge in [0.15, 0.2) is 0 Å². The average Bonchev–Trinajstić information content (AvgIpc) is 2.86. The van der Waals surface area contributed by atoms with E-state index in [0.29, 0.717) is 6.04 Å². The van der Waals surface area contributed by atoms with Gasteiger partial charge in [0.1, 0.15) is 18.4 Å². The topological polar surface area (TPSA) is 71.2 Å². The normalized spacial score (nSPS) is 12.7. The molecule has 2 heterocycles. The number of hydrogen-bond donors (Lipinski definition) is 2. The fourth-order valence-corrected chi connectivity index (χ4v) is 3.70. The van der Waals surface area contributed by atoms with Crippen LogP contribution in [0.5, 0.6) is 0 Å². The van der Waals surface area contributed by atoms with E-state index >= 15 is 0 Å². The zero-order chi connectivity index (χ0) is 26.2. The minimum atomic E-state index is -0.185. The second kappa shape index (κ2) is 16.4. The van der Waals surface area contributed by atoms with Crippen molar-refractivity contribution in [3.63, 3.8) is 0 Å². The van der Waals surface area contributed by atoms with Crippen LogP contribution in [-0.4, -0.2) is 38.0 Å². The lowest BCUT2D eigenvalue weighted by Crippen LogP contribution is -2.39. The third-order valence-electron chi connectivity index (χ3n) is 5.38. The Kier molecular flexibility index (Phi) is 13.9. The molecule has 0 saturated carbocycles. The number of anilines is 2. The quantitative estimate of drug-likeness (QED) is 0.454. The Morgan fingerprint density at radius 3 is 2.20 bits per heavy atom. The van der Waals surface area contributed by atoms with Crippen LogP contribution < -0.4 is 16.0 Å². The lowest BCUT2D eigenvalue weighted by molar-refractivity contribution is -0.0979. The van der Waals surface area contributed by atoms with Gasteiger partial charge in [-0.3, -0.25) is 0 Å². The molecule has 1 aromatic heterocycles. The third kappa shape index (κ3) is 10.3. The predicted molar refractivity (Wildman–Crippen MR) is 148 cm³/mol. The van der Waals surface area contributed by atoms with Crippen LogP contribution in [0.3, 0.4) is 0 Å². The van der Waals surface area contributed by atoms with E-state index < -0.39 is 0 Å². The molecular formula is C29H41FN4O. The number of benzene rings is 2. The first-order valence-electron chi connectivity index (χ1n) is 12.1. The summed E-state index contributed by atoms with van der Waals surface area (Å²) in [6.45, 7) is 12.3. The maximum Gasteiger partial charge on any atom is 0.128 e. The lowest BCUT2D eigenvalue weighted by atomic mass is 10.0. The fourth-order valence-electron chi connectivity index (χ4n) is 3.70. The molecule has 35 heavy (non-hydrogen) atoms. The van der Waals surface area contributed by atoms with Gasteiger partial charge < -0.3 is 20.7 Å². The molecule has 6 heteroatoms. The monoisotopic (exact) mass is 480 g/mol. The molecule has 1 aliphatic heterocycles. The zero-order valence-corrected chi connectivity index (χ0v) is 21.9. The average molecular weight is 481 g/mol. The number of aryl methyl sites for hydroxylation is 2. The van der Waals surface area contributed by atoms with Crippen LogP contribution in [-0.2, 0) is 4.79 Å². The van der Waals surface area contributed by atoms with E-state index in [-0.39, 0.29) is 5.82 Å². The van der Waals surface area contributed by atoms with Crippen molar-refractivity contribution in [3.8, 4) is 11.1 Å². The molecule has 0 aliphatic carbocycles. The Balaban J connectivity index is 0.000000303. The van der Waals surface area contributed by atoms with Crippen LogP contribution in [0.1, 0.15) is 44.2 Å². The Labute approximate surface area is 210 Å². The van der Waals surface area contributed by atoms with E-state index in [1.807, 2.05) is 64.2 Å². The van der Waals surface area contributed by atoms with Gasteiger partial charge in [-0.2, -0.15) is 0 Å². The minimum Gasteiger partial charge on any atom is -0.388 e. The zero-order valence-electron chi connectivity index (χ0n) is 21.9. The third-order valence-corrected chi connectivity index (χ3v) is 5.38. The van der Waals surface area contributed by atoms with Crippen LogP contribution in [0.15, 0.2) is 60.8 Å². The number of piperidine rings is 1. The number of nitrogens with one attached hydrogen (secondary N) is 1. The van der Waals surface area contributed by atoms with Gasteiger partial charge in [-0.15, -0.1) is 0 Å². The van der Waals surface area contributed by atoms with Crippen molar-refractivity contribution in [2.75, 3.05) is 30.4 Å². The van der Waals surface area contributed by atoms with E-state index in [9.17, 15) is 4.39 Å². The number of carbonyl (C=O) groups is 1. The Hall–Kier alpha value is -3.25. The molecule has 0 spiro atoms. The van der Waals surface area contributed by atoms with Crippen LogP contribution in [0.25, 0.3) is 11.1 Å². The summed E-state index contributed by atoms with van der Waals surface area (Å²) in [5, 5.41) is 3.12.